The molecule has 112 valence electrons. The first-order valence-electron chi connectivity index (χ1n) is 7.31. The lowest BCUT2D eigenvalue weighted by molar-refractivity contribution is -0.142. The maximum atomic E-state index is 13.1. The van der Waals surface area contributed by atoms with Gasteiger partial charge in [0.2, 0.25) is 5.91 Å². The molecule has 0 unspecified atom stereocenters. The summed E-state index contributed by atoms with van der Waals surface area (Å²) in [5, 5.41) is 9.05. The van der Waals surface area contributed by atoms with E-state index in [1.54, 1.807) is 17.0 Å². The van der Waals surface area contributed by atoms with Crippen LogP contribution < -0.4 is 0 Å². The summed E-state index contributed by atoms with van der Waals surface area (Å²) in [5.41, 5.74) is 0.278. The summed E-state index contributed by atoms with van der Waals surface area (Å²) >= 11 is 0. The van der Waals surface area contributed by atoms with Crippen LogP contribution in [0.15, 0.2) is 24.3 Å². The predicted molar refractivity (Wildman–Crippen MR) is 74.3 cm³/mol. The fourth-order valence-electron chi connectivity index (χ4n) is 3.37. The fourth-order valence-corrected chi connectivity index (χ4v) is 3.37. The minimum Gasteiger partial charge on any atom is -0.481 e. The van der Waals surface area contributed by atoms with Gasteiger partial charge < -0.3 is 10.0 Å². The molecule has 1 atom stereocenters. The van der Waals surface area contributed by atoms with Crippen molar-refractivity contribution in [1.29, 1.82) is 0 Å². The first kappa shape index (κ1) is 14.0. The largest absolute Gasteiger partial charge is 0.481 e. The third-order valence-electron chi connectivity index (χ3n) is 4.84. The number of amides is 1. The van der Waals surface area contributed by atoms with Crippen LogP contribution in [-0.2, 0) is 15.0 Å². The molecule has 4 nitrogen and oxygen atoms in total. The molecule has 1 aliphatic carbocycles. The van der Waals surface area contributed by atoms with E-state index < -0.39 is 17.3 Å². The van der Waals surface area contributed by atoms with Gasteiger partial charge in [-0.15, -0.1) is 0 Å². The second-order valence-corrected chi connectivity index (χ2v) is 6.02. The summed E-state index contributed by atoms with van der Waals surface area (Å²) in [6.07, 6.45) is 3.00. The van der Waals surface area contributed by atoms with Crippen LogP contribution >= 0.6 is 0 Å². The number of hydrogen-bond acceptors (Lipinski definition) is 2. The van der Waals surface area contributed by atoms with E-state index in [1.807, 2.05) is 0 Å². The standard InChI is InChI=1S/C16H18FNO3/c17-13-4-2-12(3-5-13)16(7-1-8-16)15(21)18-9-6-11(10-18)14(19)20/h2-5,11H,1,6-10H2,(H,19,20)/t11-/m0/s1. The smallest absolute Gasteiger partial charge is 0.308 e. The number of benzene rings is 1. The van der Waals surface area contributed by atoms with Gasteiger partial charge in [-0.1, -0.05) is 18.6 Å². The van der Waals surface area contributed by atoms with Gasteiger partial charge >= 0.3 is 5.97 Å². The highest BCUT2D eigenvalue weighted by molar-refractivity contribution is 5.90. The molecule has 1 saturated carbocycles. The second kappa shape index (κ2) is 5.13. The zero-order chi connectivity index (χ0) is 15.0. The molecule has 0 bridgehead atoms. The molecule has 2 aliphatic rings. The number of carbonyl (C=O) groups is 2. The SMILES string of the molecule is O=C(O)[C@H]1CCN(C(=O)C2(c3ccc(F)cc3)CCC2)C1. The third-order valence-corrected chi connectivity index (χ3v) is 4.84. The van der Waals surface area contributed by atoms with Crippen LogP contribution in [-0.4, -0.2) is 35.0 Å². The Kier molecular flexibility index (Phi) is 3.43. The molecule has 3 rings (SSSR count). The number of rotatable bonds is 3. The number of carbonyl (C=O) groups excluding carboxylic acids is 1. The van der Waals surface area contributed by atoms with E-state index in [9.17, 15) is 14.0 Å². The molecule has 1 aromatic rings. The van der Waals surface area contributed by atoms with Gasteiger partial charge in [-0.25, -0.2) is 4.39 Å². The molecule has 21 heavy (non-hydrogen) atoms. The van der Waals surface area contributed by atoms with Gasteiger partial charge in [0.25, 0.3) is 0 Å². The van der Waals surface area contributed by atoms with Crippen molar-refractivity contribution in [1.82, 2.24) is 4.90 Å². The number of nitrogens with zero attached hydrogens (tertiary/aromatic N) is 1. The molecular weight excluding hydrogens is 273 g/mol. The lowest BCUT2D eigenvalue weighted by Crippen LogP contribution is -2.50. The van der Waals surface area contributed by atoms with Gasteiger partial charge in [0.05, 0.1) is 11.3 Å². The fraction of sp³-hybridized carbons (Fsp3) is 0.500. The van der Waals surface area contributed by atoms with Crippen LogP contribution in [0, 0.1) is 11.7 Å². The minimum absolute atomic E-state index is 0.00380. The van der Waals surface area contributed by atoms with Crippen LogP contribution in [0.5, 0.6) is 0 Å². The number of hydrogen-bond donors (Lipinski definition) is 1. The van der Waals surface area contributed by atoms with E-state index in [0.29, 0.717) is 13.0 Å². The van der Waals surface area contributed by atoms with Gasteiger partial charge in [-0.3, -0.25) is 9.59 Å². The number of carboxylic acids is 1. The Labute approximate surface area is 122 Å². The number of aliphatic carboxylic acids is 1. The number of carboxylic acid groups (broad SMARTS) is 1. The highest BCUT2D eigenvalue weighted by Gasteiger charge is 2.49. The van der Waals surface area contributed by atoms with E-state index in [4.69, 9.17) is 5.11 Å². The van der Waals surface area contributed by atoms with Crippen LogP contribution in [0.2, 0.25) is 0 Å². The van der Waals surface area contributed by atoms with Crippen molar-refractivity contribution in [3.63, 3.8) is 0 Å². The Balaban J connectivity index is 1.81. The summed E-state index contributed by atoms with van der Waals surface area (Å²) in [6.45, 7) is 0.788. The molecule has 1 heterocycles. The lowest BCUT2D eigenvalue weighted by atomic mass is 9.63. The maximum Gasteiger partial charge on any atom is 0.308 e. The van der Waals surface area contributed by atoms with Crippen molar-refractivity contribution in [2.24, 2.45) is 5.92 Å². The Morgan fingerprint density at radius 2 is 1.90 bits per heavy atom. The normalized spacial score (nSPS) is 23.7. The Hall–Kier alpha value is -1.91. The summed E-state index contributed by atoms with van der Waals surface area (Å²) in [5.74, 6) is -1.61. The molecule has 1 saturated heterocycles. The van der Waals surface area contributed by atoms with Crippen molar-refractivity contribution in [3.8, 4) is 0 Å². The maximum absolute atomic E-state index is 13.1. The van der Waals surface area contributed by atoms with E-state index in [0.717, 1.165) is 24.8 Å². The Morgan fingerprint density at radius 3 is 2.38 bits per heavy atom. The first-order chi connectivity index (χ1) is 10.0. The average Bonchev–Trinajstić information content (AvgIpc) is 2.89. The van der Waals surface area contributed by atoms with E-state index in [1.165, 1.54) is 12.1 Å². The Bertz CT molecular complexity index is 565. The summed E-state index contributed by atoms with van der Waals surface area (Å²) in [7, 11) is 0. The van der Waals surface area contributed by atoms with Crippen molar-refractivity contribution in [2.75, 3.05) is 13.1 Å². The molecule has 2 fully saturated rings. The highest BCUT2D eigenvalue weighted by atomic mass is 19.1. The molecular formula is C16H18FNO3. The quantitative estimate of drug-likeness (QED) is 0.928. The zero-order valence-electron chi connectivity index (χ0n) is 11.7. The van der Waals surface area contributed by atoms with E-state index in [2.05, 4.69) is 0 Å². The minimum atomic E-state index is -0.838. The summed E-state index contributed by atoms with van der Waals surface area (Å²) in [6, 6.07) is 6.12. The molecule has 1 aliphatic heterocycles. The highest BCUT2D eigenvalue weighted by Crippen LogP contribution is 2.45. The van der Waals surface area contributed by atoms with Crippen LogP contribution in [0.1, 0.15) is 31.2 Å². The number of halogens is 1. The topological polar surface area (TPSA) is 57.6 Å². The van der Waals surface area contributed by atoms with Crippen LogP contribution in [0.4, 0.5) is 4.39 Å². The second-order valence-electron chi connectivity index (χ2n) is 6.02. The average molecular weight is 291 g/mol. The van der Waals surface area contributed by atoms with E-state index >= 15 is 0 Å². The zero-order valence-corrected chi connectivity index (χ0v) is 11.7. The van der Waals surface area contributed by atoms with Crippen molar-refractivity contribution in [3.05, 3.63) is 35.6 Å². The van der Waals surface area contributed by atoms with Crippen molar-refractivity contribution in [2.45, 2.75) is 31.1 Å². The lowest BCUT2D eigenvalue weighted by Gasteiger charge is -2.43. The summed E-state index contributed by atoms with van der Waals surface area (Å²) < 4.78 is 13.1. The number of likely N-dealkylation sites (tertiary alicyclic amines) is 1. The van der Waals surface area contributed by atoms with Crippen LogP contribution in [0.25, 0.3) is 0 Å². The predicted octanol–water partition coefficient (Wildman–Crippen LogP) is 2.18. The van der Waals surface area contributed by atoms with Gasteiger partial charge in [0.15, 0.2) is 0 Å². The molecule has 1 N–H and O–H groups in total. The third kappa shape index (κ3) is 2.30. The Morgan fingerprint density at radius 1 is 1.24 bits per heavy atom. The molecule has 0 spiro atoms. The van der Waals surface area contributed by atoms with Crippen molar-refractivity contribution < 1.29 is 19.1 Å². The monoisotopic (exact) mass is 291 g/mol. The molecule has 1 aromatic carbocycles. The summed E-state index contributed by atoms with van der Waals surface area (Å²) in [4.78, 5) is 25.5. The van der Waals surface area contributed by atoms with Crippen molar-refractivity contribution >= 4 is 11.9 Å². The van der Waals surface area contributed by atoms with Gasteiger partial charge in [0, 0.05) is 13.1 Å². The van der Waals surface area contributed by atoms with Gasteiger partial charge in [0.1, 0.15) is 5.82 Å². The molecule has 0 aromatic heterocycles. The van der Waals surface area contributed by atoms with Gasteiger partial charge in [-0.2, -0.15) is 0 Å². The molecule has 1 amide bonds. The van der Waals surface area contributed by atoms with Gasteiger partial charge in [-0.05, 0) is 37.0 Å². The van der Waals surface area contributed by atoms with E-state index in [-0.39, 0.29) is 18.3 Å². The van der Waals surface area contributed by atoms with Crippen LogP contribution in [0.3, 0.4) is 0 Å². The molecule has 0 radical (unpaired) electrons. The molecule has 5 heteroatoms. The first-order valence-corrected chi connectivity index (χ1v) is 7.31.